The zero-order valence-corrected chi connectivity index (χ0v) is 14.9. The van der Waals surface area contributed by atoms with Crippen molar-refractivity contribution < 1.29 is 4.79 Å². The normalized spacial score (nSPS) is 12.1. The SMILES string of the molecule is Cc1ccc(C(=O)C(Sc2nccn2C)c2ccc(C)cc2)cc1. The number of hydrogen-bond acceptors (Lipinski definition) is 3. The minimum Gasteiger partial charge on any atom is -0.329 e. The lowest BCUT2D eigenvalue weighted by Gasteiger charge is -2.16. The van der Waals surface area contributed by atoms with Crippen molar-refractivity contribution >= 4 is 17.5 Å². The van der Waals surface area contributed by atoms with Gasteiger partial charge in [-0.05, 0) is 19.4 Å². The lowest BCUT2D eigenvalue weighted by molar-refractivity contribution is 0.0989. The van der Waals surface area contributed by atoms with Gasteiger partial charge in [-0.2, -0.15) is 0 Å². The van der Waals surface area contributed by atoms with Gasteiger partial charge in [-0.15, -0.1) is 0 Å². The van der Waals surface area contributed by atoms with Crippen LogP contribution in [0.2, 0.25) is 0 Å². The summed E-state index contributed by atoms with van der Waals surface area (Å²) in [5.41, 5.74) is 4.06. The molecule has 3 aromatic rings. The number of ketones is 1. The molecule has 1 heterocycles. The van der Waals surface area contributed by atoms with Crippen LogP contribution >= 0.6 is 11.8 Å². The zero-order chi connectivity index (χ0) is 17.1. The second-order valence-electron chi connectivity index (χ2n) is 5.96. The molecule has 0 saturated heterocycles. The number of carbonyl (C=O) groups excluding carboxylic acids is 1. The van der Waals surface area contributed by atoms with Crippen molar-refractivity contribution in [2.75, 3.05) is 0 Å². The summed E-state index contributed by atoms with van der Waals surface area (Å²) in [5.74, 6) is 0.104. The van der Waals surface area contributed by atoms with Gasteiger partial charge in [-0.3, -0.25) is 4.79 Å². The topological polar surface area (TPSA) is 34.9 Å². The first-order valence-electron chi connectivity index (χ1n) is 7.86. The maximum Gasteiger partial charge on any atom is 0.180 e. The third-order valence-corrected chi connectivity index (χ3v) is 5.28. The number of aryl methyl sites for hydroxylation is 3. The van der Waals surface area contributed by atoms with E-state index in [0.717, 1.165) is 21.8 Å². The summed E-state index contributed by atoms with van der Waals surface area (Å²) in [6.45, 7) is 4.07. The monoisotopic (exact) mass is 336 g/mol. The molecule has 0 radical (unpaired) electrons. The molecule has 24 heavy (non-hydrogen) atoms. The van der Waals surface area contributed by atoms with E-state index in [9.17, 15) is 4.79 Å². The number of thioether (sulfide) groups is 1. The fraction of sp³-hybridized carbons (Fsp3) is 0.200. The number of benzene rings is 2. The molecule has 1 atom stereocenters. The van der Waals surface area contributed by atoms with E-state index in [4.69, 9.17) is 0 Å². The van der Waals surface area contributed by atoms with Crippen LogP contribution in [0.1, 0.15) is 32.3 Å². The number of carbonyl (C=O) groups is 1. The summed E-state index contributed by atoms with van der Waals surface area (Å²) in [6.07, 6.45) is 3.65. The van der Waals surface area contributed by atoms with Gasteiger partial charge in [0.15, 0.2) is 10.9 Å². The highest BCUT2D eigenvalue weighted by Crippen LogP contribution is 2.37. The number of imidazole rings is 1. The number of Topliss-reactive ketones (excluding diaryl/α,β-unsaturated/α-hetero) is 1. The van der Waals surface area contributed by atoms with Gasteiger partial charge in [-0.25, -0.2) is 4.98 Å². The predicted octanol–water partition coefficient (Wildman–Crippen LogP) is 4.75. The first-order chi connectivity index (χ1) is 11.5. The molecule has 0 aliphatic rings. The van der Waals surface area contributed by atoms with E-state index >= 15 is 0 Å². The van der Waals surface area contributed by atoms with Gasteiger partial charge in [0.05, 0.1) is 0 Å². The molecule has 0 bridgehead atoms. The Kier molecular flexibility index (Phi) is 4.86. The van der Waals surface area contributed by atoms with E-state index in [1.807, 2.05) is 80.2 Å². The quantitative estimate of drug-likeness (QED) is 0.498. The first-order valence-corrected chi connectivity index (χ1v) is 8.74. The van der Waals surface area contributed by atoms with Crippen molar-refractivity contribution in [3.05, 3.63) is 83.2 Å². The molecule has 4 heteroatoms. The molecule has 0 fully saturated rings. The molecule has 0 aliphatic carbocycles. The summed E-state index contributed by atoms with van der Waals surface area (Å²) in [4.78, 5) is 17.5. The van der Waals surface area contributed by atoms with Crippen LogP contribution in [0.4, 0.5) is 0 Å². The second kappa shape index (κ2) is 7.05. The van der Waals surface area contributed by atoms with Gasteiger partial charge >= 0.3 is 0 Å². The van der Waals surface area contributed by atoms with Gasteiger partial charge in [-0.1, -0.05) is 71.4 Å². The number of rotatable bonds is 5. The number of aromatic nitrogens is 2. The Balaban J connectivity index is 1.97. The summed E-state index contributed by atoms with van der Waals surface area (Å²) >= 11 is 1.49. The Morgan fingerprint density at radius 2 is 1.58 bits per heavy atom. The average Bonchev–Trinajstić information content (AvgIpc) is 2.99. The summed E-state index contributed by atoms with van der Waals surface area (Å²) < 4.78 is 1.94. The predicted molar refractivity (Wildman–Crippen MR) is 98.5 cm³/mol. The Labute approximate surface area is 146 Å². The summed E-state index contributed by atoms with van der Waals surface area (Å²) in [5, 5.41) is 0.524. The summed E-state index contributed by atoms with van der Waals surface area (Å²) in [7, 11) is 1.94. The molecule has 122 valence electrons. The van der Waals surface area contributed by atoms with E-state index in [0.29, 0.717) is 0 Å². The van der Waals surface area contributed by atoms with Crippen molar-refractivity contribution in [2.24, 2.45) is 7.05 Å². The van der Waals surface area contributed by atoms with E-state index in [1.54, 1.807) is 6.20 Å². The van der Waals surface area contributed by atoms with E-state index < -0.39 is 0 Å². The van der Waals surface area contributed by atoms with Crippen LogP contribution in [0.3, 0.4) is 0 Å². The van der Waals surface area contributed by atoms with Crippen LogP contribution in [-0.4, -0.2) is 15.3 Å². The average molecular weight is 336 g/mol. The van der Waals surface area contributed by atoms with Crippen LogP contribution < -0.4 is 0 Å². The first kappa shape index (κ1) is 16.5. The van der Waals surface area contributed by atoms with Crippen molar-refractivity contribution in [1.82, 2.24) is 9.55 Å². The molecule has 1 aromatic heterocycles. The fourth-order valence-electron chi connectivity index (χ4n) is 2.45. The molecule has 1 unspecified atom stereocenters. The standard InChI is InChI=1S/C20H20N2OS/c1-14-4-8-16(9-5-14)18(23)19(17-10-6-15(2)7-11-17)24-20-21-12-13-22(20)3/h4-13,19H,1-3H3. The van der Waals surface area contributed by atoms with E-state index in [-0.39, 0.29) is 11.0 Å². The summed E-state index contributed by atoms with van der Waals surface area (Å²) in [6, 6.07) is 15.9. The number of hydrogen-bond donors (Lipinski definition) is 0. The van der Waals surface area contributed by atoms with Crippen LogP contribution in [0.5, 0.6) is 0 Å². The molecule has 0 N–H and O–H groups in total. The Morgan fingerprint density at radius 3 is 2.12 bits per heavy atom. The third-order valence-electron chi connectivity index (χ3n) is 3.95. The third kappa shape index (κ3) is 3.60. The van der Waals surface area contributed by atoms with Gasteiger partial charge in [0.2, 0.25) is 0 Å². The molecule has 0 saturated carbocycles. The highest BCUT2D eigenvalue weighted by Gasteiger charge is 2.24. The fourth-order valence-corrected chi connectivity index (χ4v) is 3.55. The lowest BCUT2D eigenvalue weighted by atomic mass is 10.0. The van der Waals surface area contributed by atoms with Crippen molar-refractivity contribution in [3.8, 4) is 0 Å². The molecular formula is C20H20N2OS. The maximum atomic E-state index is 13.1. The Hall–Kier alpha value is -2.33. The minimum absolute atomic E-state index is 0.104. The Bertz CT molecular complexity index is 835. The van der Waals surface area contributed by atoms with Gasteiger partial charge in [0.1, 0.15) is 5.25 Å². The van der Waals surface area contributed by atoms with E-state index in [1.165, 1.54) is 17.3 Å². The van der Waals surface area contributed by atoms with Crippen LogP contribution in [-0.2, 0) is 7.05 Å². The molecule has 0 amide bonds. The van der Waals surface area contributed by atoms with Gasteiger partial charge < -0.3 is 4.57 Å². The minimum atomic E-state index is -0.311. The smallest absolute Gasteiger partial charge is 0.180 e. The molecule has 2 aromatic carbocycles. The molecule has 3 rings (SSSR count). The van der Waals surface area contributed by atoms with Crippen LogP contribution in [0, 0.1) is 13.8 Å². The van der Waals surface area contributed by atoms with Crippen LogP contribution in [0.15, 0.2) is 66.1 Å². The number of nitrogens with zero attached hydrogens (tertiary/aromatic N) is 2. The highest BCUT2D eigenvalue weighted by atomic mass is 32.2. The van der Waals surface area contributed by atoms with Crippen molar-refractivity contribution in [3.63, 3.8) is 0 Å². The zero-order valence-electron chi connectivity index (χ0n) is 14.1. The molecule has 0 spiro atoms. The largest absolute Gasteiger partial charge is 0.329 e. The molecule has 0 aliphatic heterocycles. The lowest BCUT2D eigenvalue weighted by Crippen LogP contribution is -2.11. The molecule has 3 nitrogen and oxygen atoms in total. The molecular weight excluding hydrogens is 316 g/mol. The van der Waals surface area contributed by atoms with Crippen LogP contribution in [0.25, 0.3) is 0 Å². The van der Waals surface area contributed by atoms with Crippen molar-refractivity contribution in [2.45, 2.75) is 24.3 Å². The second-order valence-corrected chi connectivity index (χ2v) is 7.03. The van der Waals surface area contributed by atoms with Crippen molar-refractivity contribution in [1.29, 1.82) is 0 Å². The highest BCUT2D eigenvalue weighted by molar-refractivity contribution is 8.00. The van der Waals surface area contributed by atoms with E-state index in [2.05, 4.69) is 4.98 Å². The van der Waals surface area contributed by atoms with Gasteiger partial charge in [0, 0.05) is 25.0 Å². The van der Waals surface area contributed by atoms with Gasteiger partial charge in [0.25, 0.3) is 0 Å². The Morgan fingerprint density at radius 1 is 1.00 bits per heavy atom. The maximum absolute atomic E-state index is 13.1.